The molecule has 7 nitrogen and oxygen atoms in total. The lowest BCUT2D eigenvalue weighted by molar-refractivity contribution is -0.132. The number of carbonyl (C=O) groups excluding carboxylic acids is 2. The Balaban J connectivity index is 1.86. The minimum Gasteiger partial charge on any atom is -0.507 e. The van der Waals surface area contributed by atoms with Crippen molar-refractivity contribution >= 4 is 46.5 Å². The molecule has 0 spiro atoms. The van der Waals surface area contributed by atoms with Gasteiger partial charge in [-0.3, -0.25) is 14.5 Å². The molecule has 1 unspecified atom stereocenters. The number of anilines is 1. The predicted octanol–water partition coefficient (Wildman–Crippen LogP) is 5.48. The summed E-state index contributed by atoms with van der Waals surface area (Å²) in [7, 11) is 0. The molecular formula is C24H18Cl2N2O5. The summed E-state index contributed by atoms with van der Waals surface area (Å²) in [6.45, 7) is 5.58. The third-order valence-corrected chi connectivity index (χ3v) is 5.80. The van der Waals surface area contributed by atoms with Crippen LogP contribution in [0.15, 0.2) is 71.3 Å². The lowest BCUT2D eigenvalue weighted by Crippen LogP contribution is -2.29. The molecule has 0 saturated carbocycles. The van der Waals surface area contributed by atoms with E-state index in [1.54, 1.807) is 55.5 Å². The van der Waals surface area contributed by atoms with Crippen LogP contribution < -0.4 is 9.64 Å². The first-order chi connectivity index (χ1) is 15.8. The number of aromatic nitrogens is 1. The molecule has 1 atom stereocenters. The second-order valence-corrected chi connectivity index (χ2v) is 8.08. The maximum absolute atomic E-state index is 13.1. The molecular weight excluding hydrogens is 467 g/mol. The lowest BCUT2D eigenvalue weighted by Gasteiger charge is -2.23. The van der Waals surface area contributed by atoms with Crippen molar-refractivity contribution in [2.24, 2.45) is 0 Å². The Hall–Kier alpha value is -3.55. The highest BCUT2D eigenvalue weighted by Gasteiger charge is 2.48. The van der Waals surface area contributed by atoms with E-state index in [0.29, 0.717) is 34.3 Å². The first-order valence-corrected chi connectivity index (χ1v) is 10.6. The Morgan fingerprint density at radius 1 is 1.18 bits per heavy atom. The number of nitrogens with zero attached hydrogens (tertiary/aromatic N) is 2. The summed E-state index contributed by atoms with van der Waals surface area (Å²) in [6, 6.07) is 11.7. The SMILES string of the molecule is C=CCOc1ccc(/C(O)=C2\C(=O)C(=O)N(c3cc(C)on3)C2c2ccc(Cl)c(Cl)c2)cc1. The first kappa shape index (κ1) is 22.6. The van der Waals surface area contributed by atoms with Crippen molar-refractivity contribution in [2.45, 2.75) is 13.0 Å². The van der Waals surface area contributed by atoms with Gasteiger partial charge in [-0.1, -0.05) is 47.1 Å². The molecule has 1 fully saturated rings. The molecule has 1 saturated heterocycles. The smallest absolute Gasteiger partial charge is 0.301 e. The summed E-state index contributed by atoms with van der Waals surface area (Å²) in [5.74, 6) is -0.913. The number of hydrogen-bond acceptors (Lipinski definition) is 6. The minimum absolute atomic E-state index is 0.112. The number of aliphatic hydroxyl groups excluding tert-OH is 1. The van der Waals surface area contributed by atoms with Gasteiger partial charge in [0.05, 0.1) is 21.7 Å². The van der Waals surface area contributed by atoms with Crippen LogP contribution in [-0.4, -0.2) is 28.6 Å². The zero-order valence-electron chi connectivity index (χ0n) is 17.4. The summed E-state index contributed by atoms with van der Waals surface area (Å²) < 4.78 is 10.6. The Bertz CT molecular complexity index is 1280. The van der Waals surface area contributed by atoms with Crippen LogP contribution in [0.25, 0.3) is 5.76 Å². The maximum atomic E-state index is 13.1. The van der Waals surface area contributed by atoms with Crippen molar-refractivity contribution in [1.29, 1.82) is 0 Å². The quantitative estimate of drug-likeness (QED) is 0.215. The number of benzene rings is 2. The normalized spacial score (nSPS) is 17.4. The van der Waals surface area contributed by atoms with Gasteiger partial charge < -0.3 is 14.4 Å². The summed E-state index contributed by atoms with van der Waals surface area (Å²) in [4.78, 5) is 27.3. The van der Waals surface area contributed by atoms with Crippen LogP contribution in [-0.2, 0) is 9.59 Å². The van der Waals surface area contributed by atoms with Crippen molar-refractivity contribution in [2.75, 3.05) is 11.5 Å². The van der Waals surface area contributed by atoms with Crippen LogP contribution >= 0.6 is 23.2 Å². The second-order valence-electron chi connectivity index (χ2n) is 7.26. The van der Waals surface area contributed by atoms with Gasteiger partial charge in [0.1, 0.15) is 23.9 Å². The topological polar surface area (TPSA) is 92.9 Å². The number of aliphatic hydroxyl groups is 1. The standard InChI is InChI=1S/C24H18Cl2N2O5/c1-3-10-32-16-7-4-14(5-8-16)22(29)20-21(15-6-9-17(25)18(26)12-15)28(24(31)23(20)30)19-11-13(2)33-27-19/h3-9,11-12,21,29H,1,10H2,2H3/b22-20+. The Morgan fingerprint density at radius 2 is 1.91 bits per heavy atom. The molecule has 9 heteroatoms. The Labute approximate surface area is 199 Å². The van der Waals surface area contributed by atoms with Crippen LogP contribution in [0.4, 0.5) is 5.82 Å². The van der Waals surface area contributed by atoms with E-state index in [1.807, 2.05) is 0 Å². The lowest BCUT2D eigenvalue weighted by atomic mass is 9.95. The third-order valence-electron chi connectivity index (χ3n) is 5.06. The minimum atomic E-state index is -0.999. The zero-order valence-corrected chi connectivity index (χ0v) is 18.9. The molecule has 2 aromatic carbocycles. The molecule has 1 N–H and O–H groups in total. The fraction of sp³-hybridized carbons (Fsp3) is 0.125. The highest BCUT2D eigenvalue weighted by atomic mass is 35.5. The van der Waals surface area contributed by atoms with E-state index < -0.39 is 17.7 Å². The van der Waals surface area contributed by atoms with E-state index in [2.05, 4.69) is 11.7 Å². The van der Waals surface area contributed by atoms with E-state index in [0.717, 1.165) is 0 Å². The zero-order chi connectivity index (χ0) is 23.7. The average Bonchev–Trinajstić information content (AvgIpc) is 3.34. The number of Topliss-reactive ketones (excluding diaryl/α,β-unsaturated/α-hetero) is 1. The molecule has 0 bridgehead atoms. The summed E-state index contributed by atoms with van der Waals surface area (Å²) in [5.41, 5.74) is 0.691. The van der Waals surface area contributed by atoms with Gasteiger partial charge >= 0.3 is 5.91 Å². The summed E-state index contributed by atoms with van der Waals surface area (Å²) >= 11 is 12.3. The number of hydrogen-bond donors (Lipinski definition) is 1. The largest absolute Gasteiger partial charge is 0.507 e. The van der Waals surface area contributed by atoms with Crippen molar-refractivity contribution in [3.63, 3.8) is 0 Å². The van der Waals surface area contributed by atoms with E-state index in [-0.39, 0.29) is 22.2 Å². The van der Waals surface area contributed by atoms with Gasteiger partial charge in [0, 0.05) is 11.6 Å². The number of rotatable bonds is 6. The van der Waals surface area contributed by atoms with Gasteiger partial charge in [-0.15, -0.1) is 0 Å². The van der Waals surface area contributed by atoms with Crippen molar-refractivity contribution in [3.05, 3.63) is 93.7 Å². The van der Waals surface area contributed by atoms with E-state index >= 15 is 0 Å². The molecule has 3 aromatic rings. The molecule has 33 heavy (non-hydrogen) atoms. The molecule has 168 valence electrons. The molecule has 1 aliphatic rings. The summed E-state index contributed by atoms with van der Waals surface area (Å²) in [6.07, 6.45) is 1.61. The number of ether oxygens (including phenoxy) is 1. The van der Waals surface area contributed by atoms with Gasteiger partial charge in [-0.05, 0) is 48.9 Å². The molecule has 2 heterocycles. The van der Waals surface area contributed by atoms with Crippen LogP contribution in [0.1, 0.15) is 22.9 Å². The summed E-state index contributed by atoms with van der Waals surface area (Å²) in [5, 5.41) is 15.6. The number of amides is 1. The molecule has 1 amide bonds. The van der Waals surface area contributed by atoms with E-state index in [1.165, 1.54) is 11.0 Å². The van der Waals surface area contributed by atoms with Crippen LogP contribution in [0, 0.1) is 6.92 Å². The van der Waals surface area contributed by atoms with Crippen molar-refractivity contribution < 1.29 is 24.0 Å². The number of aryl methyl sites for hydroxylation is 1. The van der Waals surface area contributed by atoms with Crippen LogP contribution in [0.3, 0.4) is 0 Å². The average molecular weight is 485 g/mol. The van der Waals surface area contributed by atoms with Gasteiger partial charge in [0.2, 0.25) is 0 Å². The van der Waals surface area contributed by atoms with E-state index in [9.17, 15) is 14.7 Å². The van der Waals surface area contributed by atoms with Crippen LogP contribution in [0.2, 0.25) is 10.0 Å². The van der Waals surface area contributed by atoms with Crippen molar-refractivity contribution in [3.8, 4) is 5.75 Å². The molecule has 1 aromatic heterocycles. The van der Waals surface area contributed by atoms with Gasteiger partial charge in [0.15, 0.2) is 5.82 Å². The second kappa shape index (κ2) is 9.13. The van der Waals surface area contributed by atoms with E-state index in [4.69, 9.17) is 32.5 Å². The predicted molar refractivity (Wildman–Crippen MR) is 125 cm³/mol. The fourth-order valence-corrected chi connectivity index (χ4v) is 3.86. The maximum Gasteiger partial charge on any atom is 0.301 e. The number of ketones is 1. The first-order valence-electron chi connectivity index (χ1n) is 9.85. The highest BCUT2D eigenvalue weighted by molar-refractivity contribution is 6.51. The number of halogens is 2. The monoisotopic (exact) mass is 484 g/mol. The van der Waals surface area contributed by atoms with Crippen molar-refractivity contribution in [1.82, 2.24) is 5.16 Å². The van der Waals surface area contributed by atoms with Gasteiger partial charge in [0.25, 0.3) is 5.78 Å². The number of carbonyl (C=O) groups is 2. The molecule has 0 radical (unpaired) electrons. The molecule has 0 aliphatic carbocycles. The Morgan fingerprint density at radius 3 is 2.52 bits per heavy atom. The Kier molecular flexibility index (Phi) is 6.26. The highest BCUT2D eigenvalue weighted by Crippen LogP contribution is 2.43. The van der Waals surface area contributed by atoms with Gasteiger partial charge in [-0.2, -0.15) is 0 Å². The molecule has 1 aliphatic heterocycles. The van der Waals surface area contributed by atoms with Gasteiger partial charge in [-0.25, -0.2) is 0 Å². The fourth-order valence-electron chi connectivity index (χ4n) is 3.55. The molecule has 4 rings (SSSR count). The van der Waals surface area contributed by atoms with Crippen LogP contribution in [0.5, 0.6) is 5.75 Å². The third kappa shape index (κ3) is 4.25.